The van der Waals surface area contributed by atoms with Crippen molar-refractivity contribution in [2.45, 2.75) is 32.9 Å². The maximum absolute atomic E-state index is 12.8. The highest BCUT2D eigenvalue weighted by molar-refractivity contribution is 5.95. The van der Waals surface area contributed by atoms with E-state index in [0.29, 0.717) is 6.04 Å². The molecule has 0 spiro atoms. The molecule has 0 saturated carbocycles. The number of nitrogens with zero attached hydrogens (tertiary/aromatic N) is 4. The van der Waals surface area contributed by atoms with Gasteiger partial charge in [-0.05, 0) is 25.8 Å². The Morgan fingerprint density at radius 1 is 1.21 bits per heavy atom. The summed E-state index contributed by atoms with van der Waals surface area (Å²) in [6, 6.07) is 11.0. The Morgan fingerprint density at radius 3 is 2.62 bits per heavy atom. The van der Waals surface area contributed by atoms with Crippen molar-refractivity contribution in [3.8, 4) is 0 Å². The van der Waals surface area contributed by atoms with Crippen LogP contribution in [0.25, 0.3) is 0 Å². The summed E-state index contributed by atoms with van der Waals surface area (Å²) in [5.74, 6) is 0.106. The summed E-state index contributed by atoms with van der Waals surface area (Å²) in [6.45, 7) is 7.57. The first-order chi connectivity index (χ1) is 11.5. The smallest absolute Gasteiger partial charge is 0.257 e. The van der Waals surface area contributed by atoms with E-state index >= 15 is 0 Å². The van der Waals surface area contributed by atoms with Crippen LogP contribution < -0.4 is 0 Å². The van der Waals surface area contributed by atoms with Crippen LogP contribution >= 0.6 is 0 Å². The summed E-state index contributed by atoms with van der Waals surface area (Å²) < 4.78 is 1.71. The quantitative estimate of drug-likeness (QED) is 0.870. The number of carbonyl (C=O) groups is 1. The van der Waals surface area contributed by atoms with Crippen molar-refractivity contribution >= 4 is 5.91 Å². The van der Waals surface area contributed by atoms with Crippen LogP contribution in [-0.2, 0) is 13.6 Å². The third kappa shape index (κ3) is 3.67. The van der Waals surface area contributed by atoms with Crippen LogP contribution in [0.4, 0.5) is 0 Å². The van der Waals surface area contributed by atoms with E-state index in [1.807, 2.05) is 31.1 Å². The van der Waals surface area contributed by atoms with E-state index in [-0.39, 0.29) is 5.91 Å². The van der Waals surface area contributed by atoms with Gasteiger partial charge in [0.25, 0.3) is 5.91 Å². The standard InChI is InChI=1S/C19H26N4O/c1-15-9-10-22(19(24)18-14-21(3)20-16(18)2)11-12-23(15)13-17-7-5-4-6-8-17/h4-8,14-15H,9-13H2,1-3H3. The van der Waals surface area contributed by atoms with Crippen molar-refractivity contribution in [1.29, 1.82) is 0 Å². The summed E-state index contributed by atoms with van der Waals surface area (Å²) >= 11 is 0. The Hall–Kier alpha value is -2.14. The van der Waals surface area contributed by atoms with Crippen LogP contribution in [0.1, 0.15) is 35.0 Å². The molecule has 2 aromatic rings. The van der Waals surface area contributed by atoms with Crippen molar-refractivity contribution in [3.63, 3.8) is 0 Å². The van der Waals surface area contributed by atoms with Crippen LogP contribution in [0.5, 0.6) is 0 Å². The molecule has 5 heteroatoms. The normalized spacial score (nSPS) is 19.3. The molecule has 0 bridgehead atoms. The minimum Gasteiger partial charge on any atom is -0.337 e. The van der Waals surface area contributed by atoms with Gasteiger partial charge in [-0.25, -0.2) is 0 Å². The van der Waals surface area contributed by atoms with E-state index in [4.69, 9.17) is 0 Å². The Morgan fingerprint density at radius 2 is 1.96 bits per heavy atom. The van der Waals surface area contributed by atoms with Gasteiger partial charge in [0.2, 0.25) is 0 Å². The predicted molar refractivity (Wildman–Crippen MR) is 94.8 cm³/mol. The molecule has 1 aromatic heterocycles. The van der Waals surface area contributed by atoms with Crippen molar-refractivity contribution in [2.75, 3.05) is 19.6 Å². The van der Waals surface area contributed by atoms with E-state index < -0.39 is 0 Å². The number of aryl methyl sites for hydroxylation is 2. The first kappa shape index (κ1) is 16.7. The molecular weight excluding hydrogens is 300 g/mol. The minimum atomic E-state index is 0.106. The van der Waals surface area contributed by atoms with E-state index in [9.17, 15) is 4.79 Å². The Kier molecular flexibility index (Phi) is 5.00. The van der Waals surface area contributed by atoms with E-state index in [2.05, 4.69) is 41.2 Å². The zero-order chi connectivity index (χ0) is 17.1. The maximum Gasteiger partial charge on any atom is 0.257 e. The van der Waals surface area contributed by atoms with Crippen LogP contribution in [0, 0.1) is 6.92 Å². The molecule has 3 rings (SSSR count). The number of aromatic nitrogens is 2. The highest BCUT2D eigenvalue weighted by atomic mass is 16.2. The zero-order valence-corrected chi connectivity index (χ0v) is 14.8. The summed E-state index contributed by atoms with van der Waals surface area (Å²) in [4.78, 5) is 17.3. The van der Waals surface area contributed by atoms with E-state index in [0.717, 1.165) is 43.9 Å². The molecule has 1 aromatic carbocycles. The first-order valence-corrected chi connectivity index (χ1v) is 8.62. The average molecular weight is 326 g/mol. The lowest BCUT2D eigenvalue weighted by Gasteiger charge is -2.26. The van der Waals surface area contributed by atoms with Gasteiger partial charge in [-0.15, -0.1) is 0 Å². The lowest BCUT2D eigenvalue weighted by atomic mass is 10.1. The van der Waals surface area contributed by atoms with Gasteiger partial charge < -0.3 is 4.90 Å². The third-order valence-corrected chi connectivity index (χ3v) is 4.86. The van der Waals surface area contributed by atoms with Gasteiger partial charge in [-0.2, -0.15) is 5.10 Å². The molecule has 1 unspecified atom stereocenters. The molecule has 1 aliphatic heterocycles. The number of hydrogen-bond acceptors (Lipinski definition) is 3. The summed E-state index contributed by atoms with van der Waals surface area (Å²) in [5.41, 5.74) is 2.86. The first-order valence-electron chi connectivity index (χ1n) is 8.62. The summed E-state index contributed by atoms with van der Waals surface area (Å²) in [6.07, 6.45) is 2.83. The molecule has 1 atom stereocenters. The molecular formula is C19H26N4O. The molecule has 2 heterocycles. The summed E-state index contributed by atoms with van der Waals surface area (Å²) in [5, 5.41) is 4.29. The van der Waals surface area contributed by atoms with Crippen LogP contribution in [0.2, 0.25) is 0 Å². The fraction of sp³-hybridized carbons (Fsp3) is 0.474. The SMILES string of the molecule is Cc1nn(C)cc1C(=O)N1CCC(C)N(Cc2ccccc2)CC1. The largest absolute Gasteiger partial charge is 0.337 e. The molecule has 0 aliphatic carbocycles. The van der Waals surface area contributed by atoms with Crippen LogP contribution in [0.15, 0.2) is 36.5 Å². The fourth-order valence-electron chi connectivity index (χ4n) is 3.34. The van der Waals surface area contributed by atoms with E-state index in [1.54, 1.807) is 4.68 Å². The molecule has 1 saturated heterocycles. The van der Waals surface area contributed by atoms with Gasteiger partial charge in [0.15, 0.2) is 0 Å². The summed E-state index contributed by atoms with van der Waals surface area (Å²) in [7, 11) is 1.86. The predicted octanol–water partition coefficient (Wildman–Crippen LogP) is 2.47. The molecule has 1 fully saturated rings. The van der Waals surface area contributed by atoms with Crippen LogP contribution in [-0.4, -0.2) is 51.2 Å². The topological polar surface area (TPSA) is 41.4 Å². The Labute approximate surface area is 143 Å². The molecule has 1 amide bonds. The molecule has 128 valence electrons. The minimum absolute atomic E-state index is 0.106. The number of rotatable bonds is 3. The monoisotopic (exact) mass is 326 g/mol. The van der Waals surface area contributed by atoms with Gasteiger partial charge in [-0.3, -0.25) is 14.4 Å². The molecule has 24 heavy (non-hydrogen) atoms. The van der Waals surface area contributed by atoms with Gasteiger partial charge >= 0.3 is 0 Å². The van der Waals surface area contributed by atoms with Gasteiger partial charge in [0.05, 0.1) is 11.3 Å². The Bertz CT molecular complexity index is 695. The van der Waals surface area contributed by atoms with Gasteiger partial charge in [-0.1, -0.05) is 30.3 Å². The molecule has 0 N–H and O–H groups in total. The maximum atomic E-state index is 12.8. The second-order valence-electron chi connectivity index (χ2n) is 6.69. The number of carbonyl (C=O) groups excluding carboxylic acids is 1. The van der Waals surface area contributed by atoms with Gasteiger partial charge in [0.1, 0.15) is 0 Å². The van der Waals surface area contributed by atoms with Crippen molar-refractivity contribution in [3.05, 3.63) is 53.3 Å². The number of benzene rings is 1. The third-order valence-electron chi connectivity index (χ3n) is 4.86. The van der Waals surface area contributed by atoms with Crippen molar-refractivity contribution in [2.24, 2.45) is 7.05 Å². The number of hydrogen-bond donors (Lipinski definition) is 0. The Balaban J connectivity index is 1.67. The molecule has 5 nitrogen and oxygen atoms in total. The second-order valence-corrected chi connectivity index (χ2v) is 6.69. The number of amides is 1. The molecule has 1 aliphatic rings. The fourth-order valence-corrected chi connectivity index (χ4v) is 3.34. The second kappa shape index (κ2) is 7.18. The highest BCUT2D eigenvalue weighted by Crippen LogP contribution is 2.17. The molecule has 0 radical (unpaired) electrons. The van der Waals surface area contributed by atoms with Crippen molar-refractivity contribution < 1.29 is 4.79 Å². The highest BCUT2D eigenvalue weighted by Gasteiger charge is 2.26. The lowest BCUT2D eigenvalue weighted by molar-refractivity contribution is 0.0760. The lowest BCUT2D eigenvalue weighted by Crippen LogP contribution is -2.36. The van der Waals surface area contributed by atoms with E-state index in [1.165, 1.54) is 5.56 Å². The van der Waals surface area contributed by atoms with Crippen LogP contribution in [0.3, 0.4) is 0 Å². The van der Waals surface area contributed by atoms with Gasteiger partial charge in [0, 0.05) is 45.5 Å². The average Bonchev–Trinajstić information content (AvgIpc) is 2.81. The zero-order valence-electron chi connectivity index (χ0n) is 14.8. The van der Waals surface area contributed by atoms with Crippen molar-refractivity contribution in [1.82, 2.24) is 19.6 Å².